The van der Waals surface area contributed by atoms with Crippen LogP contribution in [0.15, 0.2) is 30.7 Å². The third-order valence-electron chi connectivity index (χ3n) is 5.61. The minimum atomic E-state index is -1.10. The first-order chi connectivity index (χ1) is 15.3. The summed E-state index contributed by atoms with van der Waals surface area (Å²) in [6, 6.07) is 3.41. The van der Waals surface area contributed by atoms with E-state index >= 15 is 4.39 Å². The Morgan fingerprint density at radius 3 is 2.78 bits per heavy atom. The number of benzene rings is 1. The number of alkyl halides is 1. The summed E-state index contributed by atoms with van der Waals surface area (Å²) >= 11 is 6.43. The number of aromatic amines is 1. The molecule has 32 heavy (non-hydrogen) atoms. The van der Waals surface area contributed by atoms with Crippen molar-refractivity contribution in [2.24, 2.45) is 5.92 Å². The summed E-state index contributed by atoms with van der Waals surface area (Å²) in [4.78, 5) is 29.3. The summed E-state index contributed by atoms with van der Waals surface area (Å²) < 4.78 is 30.0. The molecule has 3 heterocycles. The van der Waals surface area contributed by atoms with Gasteiger partial charge in [0.15, 0.2) is 11.6 Å². The summed E-state index contributed by atoms with van der Waals surface area (Å²) in [6.07, 6.45) is 3.91. The van der Waals surface area contributed by atoms with E-state index in [4.69, 9.17) is 11.6 Å². The summed E-state index contributed by atoms with van der Waals surface area (Å²) in [5.74, 6) is -1.85. The Bertz CT molecular complexity index is 1410. The van der Waals surface area contributed by atoms with Crippen molar-refractivity contribution in [3.05, 3.63) is 41.6 Å². The highest BCUT2D eigenvalue weighted by molar-refractivity contribution is 6.36. The number of carbonyl (C=O) groups is 2. The Morgan fingerprint density at radius 1 is 1.34 bits per heavy atom. The number of aromatic nitrogens is 4. The van der Waals surface area contributed by atoms with Crippen molar-refractivity contribution in [2.75, 3.05) is 17.3 Å². The standard InChI is InChI=1S/C21H17ClF2N6O2/c1-9(31)29(2)20-18(24)17(22)16(12-6-25-28-19(12)20)10-3-4-15-26-14(8-30(15)7-10)27-21(32)11-5-13(11)23/h3-4,6-8,11,13H,5H2,1-2H3,(H,25,28)(H,27,32). The number of hydrogen-bond donors (Lipinski definition) is 2. The predicted octanol–water partition coefficient (Wildman–Crippen LogP) is 3.95. The second-order valence-corrected chi connectivity index (χ2v) is 8.12. The molecule has 1 aromatic carbocycles. The van der Waals surface area contributed by atoms with Gasteiger partial charge in [-0.25, -0.2) is 13.8 Å². The van der Waals surface area contributed by atoms with Gasteiger partial charge in [-0.2, -0.15) is 5.10 Å². The van der Waals surface area contributed by atoms with Gasteiger partial charge in [-0.05, 0) is 18.6 Å². The van der Waals surface area contributed by atoms with E-state index in [0.717, 1.165) is 0 Å². The summed E-state index contributed by atoms with van der Waals surface area (Å²) in [6.45, 7) is 1.32. The molecular formula is C21H17ClF2N6O2. The highest BCUT2D eigenvalue weighted by atomic mass is 35.5. The molecule has 2 N–H and O–H groups in total. The monoisotopic (exact) mass is 458 g/mol. The maximum absolute atomic E-state index is 15.3. The molecular weight excluding hydrogens is 442 g/mol. The number of pyridine rings is 1. The quantitative estimate of drug-likeness (QED) is 0.484. The molecule has 0 spiro atoms. The number of anilines is 2. The van der Waals surface area contributed by atoms with Crippen molar-refractivity contribution in [3.8, 4) is 11.1 Å². The van der Waals surface area contributed by atoms with E-state index in [-0.39, 0.29) is 28.9 Å². The maximum atomic E-state index is 15.3. The summed E-state index contributed by atoms with van der Waals surface area (Å²) in [7, 11) is 1.46. The smallest absolute Gasteiger partial charge is 0.231 e. The van der Waals surface area contributed by atoms with E-state index in [1.807, 2.05) is 0 Å². The van der Waals surface area contributed by atoms with Gasteiger partial charge in [0.25, 0.3) is 0 Å². The molecule has 0 radical (unpaired) electrons. The van der Waals surface area contributed by atoms with E-state index < -0.39 is 23.8 Å². The molecule has 0 saturated heterocycles. The number of fused-ring (bicyclic) bond motifs is 2. The van der Waals surface area contributed by atoms with Crippen LogP contribution in [0.5, 0.6) is 0 Å². The minimum Gasteiger partial charge on any atom is -0.311 e. The van der Waals surface area contributed by atoms with Gasteiger partial charge in [0, 0.05) is 36.7 Å². The summed E-state index contributed by atoms with van der Waals surface area (Å²) in [5.41, 5.74) is 1.85. The van der Waals surface area contributed by atoms with Gasteiger partial charge in [0.2, 0.25) is 11.8 Å². The van der Waals surface area contributed by atoms with Crippen molar-refractivity contribution in [2.45, 2.75) is 19.5 Å². The van der Waals surface area contributed by atoms with Crippen molar-refractivity contribution >= 4 is 51.5 Å². The highest BCUT2D eigenvalue weighted by Gasteiger charge is 2.43. The van der Waals surface area contributed by atoms with Crippen molar-refractivity contribution in [3.63, 3.8) is 0 Å². The Balaban J connectivity index is 1.59. The molecule has 11 heteroatoms. The minimum absolute atomic E-state index is 0.0127. The Labute approximate surface area is 185 Å². The third-order valence-corrected chi connectivity index (χ3v) is 5.97. The molecule has 1 aliphatic carbocycles. The number of nitrogens with zero attached hydrogens (tertiary/aromatic N) is 4. The van der Waals surface area contributed by atoms with Crippen LogP contribution < -0.4 is 10.2 Å². The van der Waals surface area contributed by atoms with Gasteiger partial charge in [0.05, 0.1) is 28.9 Å². The SMILES string of the molecule is CC(=O)N(C)c1c(F)c(Cl)c(-c2ccc3nc(NC(=O)C4CC4F)cn3c2)c2cn[nH]c12. The molecule has 0 aliphatic heterocycles. The Morgan fingerprint density at radius 2 is 2.09 bits per heavy atom. The molecule has 3 aromatic heterocycles. The number of hydrogen-bond acceptors (Lipinski definition) is 4. The summed E-state index contributed by atoms with van der Waals surface area (Å²) in [5, 5.41) is 9.75. The second kappa shape index (κ2) is 7.27. The zero-order valence-corrected chi connectivity index (χ0v) is 17.7. The number of rotatable bonds is 4. The van der Waals surface area contributed by atoms with E-state index in [2.05, 4.69) is 20.5 Å². The van der Waals surface area contributed by atoms with Gasteiger partial charge in [-0.3, -0.25) is 14.7 Å². The van der Waals surface area contributed by atoms with Crippen LogP contribution in [-0.4, -0.2) is 44.6 Å². The second-order valence-electron chi connectivity index (χ2n) is 7.75. The molecule has 2 amide bonds. The van der Waals surface area contributed by atoms with Gasteiger partial charge in [0.1, 0.15) is 17.5 Å². The fraction of sp³-hybridized carbons (Fsp3) is 0.238. The molecule has 0 bridgehead atoms. The maximum Gasteiger partial charge on any atom is 0.231 e. The lowest BCUT2D eigenvalue weighted by atomic mass is 10.0. The van der Waals surface area contributed by atoms with Crippen molar-refractivity contribution < 1.29 is 18.4 Å². The molecule has 164 valence electrons. The lowest BCUT2D eigenvalue weighted by molar-refractivity contribution is -0.118. The van der Waals surface area contributed by atoms with Crippen LogP contribution in [0.25, 0.3) is 27.7 Å². The van der Waals surface area contributed by atoms with E-state index in [1.165, 1.54) is 25.1 Å². The number of H-pyrrole nitrogens is 1. The zero-order valence-electron chi connectivity index (χ0n) is 17.0. The third kappa shape index (κ3) is 3.18. The van der Waals surface area contributed by atoms with Crippen LogP contribution in [0.3, 0.4) is 0 Å². The molecule has 5 rings (SSSR count). The topological polar surface area (TPSA) is 95.4 Å². The van der Waals surface area contributed by atoms with E-state index in [9.17, 15) is 14.0 Å². The van der Waals surface area contributed by atoms with Gasteiger partial charge in [-0.1, -0.05) is 11.6 Å². The number of imidazole rings is 1. The fourth-order valence-corrected chi connectivity index (χ4v) is 4.01. The first-order valence-electron chi connectivity index (χ1n) is 9.78. The number of nitrogens with one attached hydrogen (secondary N) is 2. The number of halogens is 3. The van der Waals surface area contributed by atoms with Crippen molar-refractivity contribution in [1.82, 2.24) is 19.6 Å². The van der Waals surface area contributed by atoms with Crippen LogP contribution in [0.1, 0.15) is 13.3 Å². The lowest BCUT2D eigenvalue weighted by Gasteiger charge is -2.19. The normalized spacial score (nSPS) is 17.7. The molecule has 1 fully saturated rings. The first-order valence-corrected chi connectivity index (χ1v) is 10.2. The number of carbonyl (C=O) groups excluding carboxylic acids is 2. The number of amides is 2. The average Bonchev–Trinajstić information content (AvgIpc) is 3.11. The van der Waals surface area contributed by atoms with E-state index in [0.29, 0.717) is 27.7 Å². The largest absolute Gasteiger partial charge is 0.311 e. The van der Waals surface area contributed by atoms with Gasteiger partial charge >= 0.3 is 0 Å². The Kier molecular flexibility index (Phi) is 4.63. The lowest BCUT2D eigenvalue weighted by Crippen LogP contribution is -2.24. The molecule has 2 unspecified atom stereocenters. The predicted molar refractivity (Wildman–Crippen MR) is 116 cm³/mol. The van der Waals surface area contributed by atoms with Crippen LogP contribution in [0.2, 0.25) is 5.02 Å². The molecule has 1 aliphatic rings. The molecule has 2 atom stereocenters. The average molecular weight is 459 g/mol. The zero-order chi connectivity index (χ0) is 22.7. The Hall–Kier alpha value is -3.53. The van der Waals surface area contributed by atoms with Crippen LogP contribution in [-0.2, 0) is 9.59 Å². The van der Waals surface area contributed by atoms with Crippen LogP contribution in [0.4, 0.5) is 20.3 Å². The van der Waals surface area contributed by atoms with Gasteiger partial charge < -0.3 is 14.6 Å². The first kappa shape index (κ1) is 20.4. The molecule has 8 nitrogen and oxygen atoms in total. The van der Waals surface area contributed by atoms with Crippen molar-refractivity contribution in [1.29, 1.82) is 0 Å². The highest BCUT2D eigenvalue weighted by Crippen LogP contribution is 2.42. The molecule has 1 saturated carbocycles. The van der Waals surface area contributed by atoms with Crippen LogP contribution >= 0.6 is 11.6 Å². The van der Waals surface area contributed by atoms with Crippen LogP contribution in [0, 0.1) is 11.7 Å². The molecule has 4 aromatic rings. The fourth-order valence-electron chi connectivity index (χ4n) is 3.71. The van der Waals surface area contributed by atoms with Gasteiger partial charge in [-0.15, -0.1) is 0 Å². The van der Waals surface area contributed by atoms with E-state index in [1.54, 1.807) is 28.9 Å².